The second-order valence-corrected chi connectivity index (χ2v) is 10.8. The van der Waals surface area contributed by atoms with Crippen LogP contribution in [0.15, 0.2) is 71.6 Å². The van der Waals surface area contributed by atoms with E-state index >= 15 is 0 Å². The minimum absolute atomic E-state index is 0.0391. The fraction of sp³-hybridized carbons (Fsp3) is 0.240. The van der Waals surface area contributed by atoms with Crippen LogP contribution in [0.25, 0.3) is 10.2 Å². The van der Waals surface area contributed by atoms with Crippen LogP contribution in [-0.2, 0) is 26.1 Å². The molecule has 0 saturated carbocycles. The second kappa shape index (κ2) is 11.1. The Balaban J connectivity index is 1.68. The van der Waals surface area contributed by atoms with E-state index in [1.54, 1.807) is 16.7 Å². The maximum absolute atomic E-state index is 13.0. The molecule has 0 spiro atoms. The number of hydrogen-bond donors (Lipinski definition) is 0. The van der Waals surface area contributed by atoms with Crippen molar-refractivity contribution in [2.45, 2.75) is 17.9 Å². The van der Waals surface area contributed by atoms with Crippen molar-refractivity contribution in [1.29, 1.82) is 0 Å². The summed E-state index contributed by atoms with van der Waals surface area (Å²) in [6, 6.07) is 9.16. The van der Waals surface area contributed by atoms with Crippen LogP contribution in [0, 0.1) is 0 Å². The predicted molar refractivity (Wildman–Crippen MR) is 138 cm³/mol. The minimum Gasteiger partial charge on any atom is -0.469 e. The number of thiazole rings is 1. The Morgan fingerprint density at radius 1 is 1.14 bits per heavy atom. The zero-order valence-corrected chi connectivity index (χ0v) is 21.7. The summed E-state index contributed by atoms with van der Waals surface area (Å²) in [4.78, 5) is 29.5. The number of nitrogens with zero attached hydrogens (tertiary/aromatic N) is 3. The third kappa shape index (κ3) is 5.50. The predicted octanol–water partition coefficient (Wildman–Crippen LogP) is 3.10. The largest absolute Gasteiger partial charge is 0.469 e. The van der Waals surface area contributed by atoms with Crippen LogP contribution < -0.4 is 14.3 Å². The van der Waals surface area contributed by atoms with Gasteiger partial charge in [-0.2, -0.15) is 9.30 Å². The lowest BCUT2D eigenvalue weighted by Gasteiger charge is -2.19. The quantitative estimate of drug-likeness (QED) is 0.285. The molecule has 0 aliphatic carbocycles. The number of hydrogen-bond acceptors (Lipinski definition) is 8. The molecule has 1 aliphatic heterocycles. The average Bonchev–Trinajstić information content (AvgIpc) is 3.48. The third-order valence-corrected chi connectivity index (χ3v) is 8.43. The second-order valence-electron chi connectivity index (χ2n) is 7.88. The van der Waals surface area contributed by atoms with Crippen molar-refractivity contribution in [2.24, 2.45) is 4.99 Å². The van der Waals surface area contributed by atoms with E-state index in [0.29, 0.717) is 16.3 Å². The Morgan fingerprint density at radius 2 is 1.78 bits per heavy atom. The number of rotatable bonds is 10. The molecule has 0 fully saturated rings. The lowest BCUT2D eigenvalue weighted by atomic mass is 10.2. The fourth-order valence-electron chi connectivity index (χ4n) is 3.69. The molecule has 2 heterocycles. The first kappa shape index (κ1) is 26.3. The van der Waals surface area contributed by atoms with Crippen LogP contribution in [0.5, 0.6) is 11.5 Å². The number of sulfonamides is 1. The first-order valence-corrected chi connectivity index (χ1v) is 13.4. The molecule has 0 atom stereocenters. The zero-order chi connectivity index (χ0) is 26.6. The van der Waals surface area contributed by atoms with E-state index in [0.717, 1.165) is 10.2 Å². The number of carbonyl (C=O) groups is 2. The number of benzene rings is 2. The van der Waals surface area contributed by atoms with Gasteiger partial charge in [0.25, 0.3) is 5.91 Å². The summed E-state index contributed by atoms with van der Waals surface area (Å²) in [5.41, 5.74) is 0.944. The molecule has 0 N–H and O–H groups in total. The highest BCUT2D eigenvalue weighted by molar-refractivity contribution is 7.89. The molecule has 0 bridgehead atoms. The number of amides is 1. The van der Waals surface area contributed by atoms with Gasteiger partial charge in [0.15, 0.2) is 16.3 Å². The van der Waals surface area contributed by atoms with Gasteiger partial charge in [-0.3, -0.25) is 9.59 Å². The summed E-state index contributed by atoms with van der Waals surface area (Å²) in [6.07, 6.45) is 3.06. The number of esters is 1. The fourth-order valence-corrected chi connectivity index (χ4v) is 6.14. The monoisotopic (exact) mass is 543 g/mol. The number of ether oxygens (including phenoxy) is 3. The molecule has 3 aromatic rings. The van der Waals surface area contributed by atoms with E-state index in [2.05, 4.69) is 18.2 Å². The number of fused-ring (bicyclic) bond motifs is 2. The first-order chi connectivity index (χ1) is 17.8. The minimum atomic E-state index is -3.79. The van der Waals surface area contributed by atoms with Gasteiger partial charge < -0.3 is 18.8 Å². The molecule has 12 heteroatoms. The summed E-state index contributed by atoms with van der Waals surface area (Å²) in [5.74, 6) is 0.194. The Bertz CT molecular complexity index is 1530. The first-order valence-electron chi connectivity index (χ1n) is 11.2. The lowest BCUT2D eigenvalue weighted by Crippen LogP contribution is -2.31. The van der Waals surface area contributed by atoms with Crippen LogP contribution in [0.3, 0.4) is 0 Å². The molecule has 1 aliphatic rings. The van der Waals surface area contributed by atoms with Crippen molar-refractivity contribution in [3.8, 4) is 11.5 Å². The van der Waals surface area contributed by atoms with Crippen molar-refractivity contribution in [3.05, 3.63) is 72.1 Å². The van der Waals surface area contributed by atoms with Gasteiger partial charge in [0.1, 0.15) is 0 Å². The van der Waals surface area contributed by atoms with Crippen molar-refractivity contribution in [2.75, 3.05) is 27.0 Å². The van der Waals surface area contributed by atoms with Crippen LogP contribution in [-0.4, -0.2) is 56.2 Å². The molecule has 2 aromatic carbocycles. The Labute approximate surface area is 217 Å². The van der Waals surface area contributed by atoms with E-state index in [4.69, 9.17) is 14.2 Å². The molecule has 0 saturated heterocycles. The SMILES string of the molecule is C=CCN(CC=C)S(=O)(=O)c1ccc(C(=O)N=c2sc3cc4c(cc3n2CCC(=O)OC)OCO4)cc1. The van der Waals surface area contributed by atoms with Gasteiger partial charge in [0, 0.05) is 37.3 Å². The summed E-state index contributed by atoms with van der Waals surface area (Å²) >= 11 is 1.26. The third-order valence-electron chi connectivity index (χ3n) is 5.55. The van der Waals surface area contributed by atoms with Crippen molar-refractivity contribution >= 4 is 43.5 Å². The van der Waals surface area contributed by atoms with Gasteiger partial charge in [-0.15, -0.1) is 13.2 Å². The Hall–Kier alpha value is -3.74. The number of carbonyl (C=O) groups excluding carboxylic acids is 2. The number of aryl methyl sites for hydroxylation is 1. The Kier molecular flexibility index (Phi) is 7.91. The highest BCUT2D eigenvalue weighted by atomic mass is 32.2. The van der Waals surface area contributed by atoms with Gasteiger partial charge in [0.2, 0.25) is 16.8 Å². The standard InChI is InChI=1S/C25H25N3O7S2/c1-4-11-27(12-5-2)37(31,32)18-8-6-17(7-9-18)24(30)26-25-28(13-10-23(29)33-3)19-14-20-21(35-16-34-20)15-22(19)36-25/h4-9,14-15H,1-2,10-13,16H2,3H3. The van der Waals surface area contributed by atoms with Crippen molar-refractivity contribution < 1.29 is 32.2 Å². The highest BCUT2D eigenvalue weighted by Gasteiger charge is 2.23. The van der Waals surface area contributed by atoms with E-state index in [1.807, 2.05) is 0 Å². The van der Waals surface area contributed by atoms with Gasteiger partial charge >= 0.3 is 5.97 Å². The molecule has 1 aromatic heterocycles. The van der Waals surface area contributed by atoms with Gasteiger partial charge in [-0.1, -0.05) is 23.5 Å². The van der Waals surface area contributed by atoms with Crippen molar-refractivity contribution in [3.63, 3.8) is 0 Å². The number of aromatic nitrogens is 1. The smallest absolute Gasteiger partial charge is 0.307 e. The van der Waals surface area contributed by atoms with E-state index in [9.17, 15) is 18.0 Å². The number of methoxy groups -OCH3 is 1. The van der Waals surface area contributed by atoms with Gasteiger partial charge in [0.05, 0.1) is 28.6 Å². The summed E-state index contributed by atoms with van der Waals surface area (Å²) in [7, 11) is -2.49. The molecule has 0 radical (unpaired) electrons. The summed E-state index contributed by atoms with van der Waals surface area (Å²) in [6.45, 7) is 7.80. The maximum Gasteiger partial charge on any atom is 0.307 e. The van der Waals surface area contributed by atoms with Crippen molar-refractivity contribution in [1.82, 2.24) is 8.87 Å². The van der Waals surface area contributed by atoms with E-state index in [-0.39, 0.29) is 43.3 Å². The molecular formula is C25H25N3O7S2. The summed E-state index contributed by atoms with van der Waals surface area (Å²) < 4.78 is 45.3. The van der Waals surface area contributed by atoms with Gasteiger partial charge in [-0.25, -0.2) is 8.42 Å². The van der Waals surface area contributed by atoms with E-state index < -0.39 is 21.9 Å². The molecule has 4 rings (SSSR count). The molecule has 0 unspecified atom stereocenters. The molecule has 10 nitrogen and oxygen atoms in total. The molecular weight excluding hydrogens is 518 g/mol. The summed E-state index contributed by atoms with van der Waals surface area (Å²) in [5, 5.41) is 0. The molecule has 1 amide bonds. The van der Waals surface area contributed by atoms with Gasteiger partial charge in [-0.05, 0) is 24.3 Å². The van der Waals surface area contributed by atoms with Crippen LogP contribution in [0.2, 0.25) is 0 Å². The average molecular weight is 544 g/mol. The maximum atomic E-state index is 13.0. The van der Waals surface area contributed by atoms with Crippen LogP contribution >= 0.6 is 11.3 Å². The molecule has 37 heavy (non-hydrogen) atoms. The molecule has 194 valence electrons. The lowest BCUT2D eigenvalue weighted by molar-refractivity contribution is -0.140. The van der Waals surface area contributed by atoms with Crippen LogP contribution in [0.4, 0.5) is 0 Å². The normalized spacial score (nSPS) is 13.2. The highest BCUT2D eigenvalue weighted by Crippen LogP contribution is 2.37. The topological polar surface area (TPSA) is 117 Å². The van der Waals surface area contributed by atoms with Crippen LogP contribution in [0.1, 0.15) is 16.8 Å². The van der Waals surface area contributed by atoms with E-state index in [1.165, 1.54) is 59.2 Å². The zero-order valence-electron chi connectivity index (χ0n) is 20.1. The Morgan fingerprint density at radius 3 is 2.41 bits per heavy atom.